The average Bonchev–Trinajstić information content (AvgIpc) is 3.35. The lowest BCUT2D eigenvalue weighted by Gasteiger charge is -2.21. The Balaban J connectivity index is 1.64. The highest BCUT2D eigenvalue weighted by atomic mass is 32.1. The first-order valence-corrected chi connectivity index (χ1v) is 12.4. The maximum Gasteiger partial charge on any atom is 0.306 e. The van der Waals surface area contributed by atoms with Crippen molar-refractivity contribution in [2.75, 3.05) is 11.9 Å². The van der Waals surface area contributed by atoms with Crippen LogP contribution < -0.4 is 4.90 Å². The van der Waals surface area contributed by atoms with Crippen LogP contribution >= 0.6 is 11.3 Å². The number of thiophene rings is 1. The number of fused-ring (bicyclic) bond motifs is 3. The third-order valence-electron chi connectivity index (χ3n) is 6.46. The highest BCUT2D eigenvalue weighted by Crippen LogP contribution is 2.40. The van der Waals surface area contributed by atoms with Crippen LogP contribution in [-0.4, -0.2) is 43.7 Å². The summed E-state index contributed by atoms with van der Waals surface area (Å²) in [5.74, 6) is -3.20. The number of carbonyl (C=O) groups is 1. The highest BCUT2D eigenvalue weighted by molar-refractivity contribution is 7.15. The molecule has 12 heteroatoms. The molecule has 0 saturated carbocycles. The number of halogens is 3. The minimum absolute atomic E-state index is 0.190. The van der Waals surface area contributed by atoms with Gasteiger partial charge in [0.1, 0.15) is 28.4 Å². The van der Waals surface area contributed by atoms with Crippen LogP contribution in [0.25, 0.3) is 5.00 Å². The summed E-state index contributed by atoms with van der Waals surface area (Å²) in [5.41, 5.74) is 2.66. The van der Waals surface area contributed by atoms with Crippen LogP contribution in [0, 0.1) is 31.3 Å². The number of hydrogen-bond donors (Lipinski definition) is 2. The molecule has 0 fully saturated rings. The van der Waals surface area contributed by atoms with Gasteiger partial charge >= 0.3 is 5.97 Å². The van der Waals surface area contributed by atoms with Gasteiger partial charge in [0.05, 0.1) is 18.7 Å². The zero-order valence-corrected chi connectivity index (χ0v) is 21.4. The maximum atomic E-state index is 14.4. The van der Waals surface area contributed by atoms with E-state index >= 15 is 0 Å². The second-order valence-corrected chi connectivity index (χ2v) is 9.93. The Morgan fingerprint density at radius 3 is 2.37 bits per heavy atom. The zero-order chi connectivity index (χ0) is 27.3. The number of carboxylic acids is 1. The van der Waals surface area contributed by atoms with Crippen LogP contribution in [0.4, 0.5) is 24.5 Å². The summed E-state index contributed by atoms with van der Waals surface area (Å²) in [7, 11) is 1.46. The van der Waals surface area contributed by atoms with Crippen LogP contribution in [0.5, 0.6) is 0 Å². The molecule has 2 aromatic carbocycles. The predicted molar refractivity (Wildman–Crippen MR) is 136 cm³/mol. The molecule has 0 aliphatic carbocycles. The van der Waals surface area contributed by atoms with Crippen LogP contribution in [0.2, 0.25) is 0 Å². The number of aliphatic imine (C=N–C) groups is 1. The molecule has 38 heavy (non-hydrogen) atoms. The second kappa shape index (κ2) is 9.69. The van der Waals surface area contributed by atoms with E-state index in [2.05, 4.69) is 10.2 Å². The summed E-state index contributed by atoms with van der Waals surface area (Å²) < 4.78 is 43.9. The average molecular weight is 542 g/mol. The molecular weight excluding hydrogens is 519 g/mol. The van der Waals surface area contributed by atoms with Gasteiger partial charge in [-0.15, -0.1) is 21.5 Å². The molecule has 3 heterocycles. The molecular formula is C26H22F3N5O3S. The highest BCUT2D eigenvalue weighted by Gasteiger charge is 2.33. The molecule has 1 aliphatic rings. The Labute approximate surface area is 219 Å². The van der Waals surface area contributed by atoms with E-state index in [-0.39, 0.29) is 13.0 Å². The molecule has 5 rings (SSSR count). The molecule has 0 spiro atoms. The fourth-order valence-corrected chi connectivity index (χ4v) is 5.82. The van der Waals surface area contributed by atoms with Gasteiger partial charge in [0.15, 0.2) is 17.5 Å². The number of aromatic nitrogens is 3. The van der Waals surface area contributed by atoms with Crippen molar-refractivity contribution in [3.05, 3.63) is 87.1 Å². The van der Waals surface area contributed by atoms with Gasteiger partial charge in [-0.1, -0.05) is 12.1 Å². The number of aliphatic hydroxyl groups is 1. The van der Waals surface area contributed by atoms with Gasteiger partial charge in [-0.25, -0.2) is 13.2 Å². The summed E-state index contributed by atoms with van der Waals surface area (Å²) in [6.07, 6.45) is -0.313. The van der Waals surface area contributed by atoms with E-state index in [0.717, 1.165) is 10.4 Å². The number of anilines is 2. The molecule has 1 aliphatic heterocycles. The Kier molecular flexibility index (Phi) is 6.53. The van der Waals surface area contributed by atoms with Crippen LogP contribution in [0.15, 0.2) is 41.4 Å². The van der Waals surface area contributed by atoms with E-state index in [1.54, 1.807) is 35.8 Å². The monoisotopic (exact) mass is 541 g/mol. The molecule has 1 atom stereocenters. The van der Waals surface area contributed by atoms with Crippen molar-refractivity contribution in [2.45, 2.75) is 32.9 Å². The molecule has 2 aromatic heterocycles. The van der Waals surface area contributed by atoms with E-state index in [0.29, 0.717) is 51.3 Å². The quantitative estimate of drug-likeness (QED) is 0.357. The van der Waals surface area contributed by atoms with Crippen molar-refractivity contribution in [3.8, 4) is 5.00 Å². The van der Waals surface area contributed by atoms with Gasteiger partial charge in [0.25, 0.3) is 0 Å². The van der Waals surface area contributed by atoms with Crippen LogP contribution in [-0.2, 0) is 11.4 Å². The molecule has 8 nitrogen and oxygen atoms in total. The summed E-state index contributed by atoms with van der Waals surface area (Å²) in [5, 5.41) is 28.6. The smallest absolute Gasteiger partial charge is 0.306 e. The topological polar surface area (TPSA) is 104 Å². The molecule has 0 bridgehead atoms. The normalized spacial score (nSPS) is 14.5. The SMILES string of the molecule is Cc1c(CO)sc2c1C(c1ccc(N(C)c3c(F)cc(F)cc3F)cc1)=N[C@@H](CC(=O)O)c1nnc(C)n1-2. The number of carboxylic acid groups (broad SMARTS) is 1. The summed E-state index contributed by atoms with van der Waals surface area (Å²) in [6, 6.07) is 7.09. The standard InChI is InChI=1S/C26H22F3N5O3S/c1-12-20(11-35)38-26-22(12)23(30-19(10-21(36)37)25-32-31-13(2)34(25)26)14-4-6-16(7-5-14)33(3)24-17(28)8-15(27)9-18(24)29/h4-9,19,35H,10-11H2,1-3H3,(H,36,37)/t19-/m0/s1. The first-order chi connectivity index (χ1) is 18.1. The number of rotatable bonds is 6. The number of hydrogen-bond acceptors (Lipinski definition) is 7. The van der Waals surface area contributed by atoms with E-state index < -0.39 is 35.2 Å². The Morgan fingerprint density at radius 1 is 1.11 bits per heavy atom. The second-order valence-electron chi connectivity index (χ2n) is 8.84. The fourth-order valence-electron chi connectivity index (χ4n) is 4.60. The predicted octanol–water partition coefficient (Wildman–Crippen LogP) is 4.99. The van der Waals surface area contributed by atoms with Crippen LogP contribution in [0.3, 0.4) is 0 Å². The fraction of sp³-hybridized carbons (Fsp3) is 0.231. The summed E-state index contributed by atoms with van der Waals surface area (Å²) in [4.78, 5) is 18.5. The molecule has 4 aromatic rings. The van der Waals surface area contributed by atoms with E-state index in [1.807, 2.05) is 6.92 Å². The third-order valence-corrected chi connectivity index (χ3v) is 7.72. The van der Waals surface area contributed by atoms with Gasteiger partial charge in [0.2, 0.25) is 0 Å². The number of aliphatic carboxylic acids is 1. The van der Waals surface area contributed by atoms with Crippen molar-refractivity contribution in [2.24, 2.45) is 4.99 Å². The van der Waals surface area contributed by atoms with Gasteiger partial charge < -0.3 is 15.1 Å². The summed E-state index contributed by atoms with van der Waals surface area (Å²) >= 11 is 1.35. The van der Waals surface area contributed by atoms with Gasteiger partial charge in [-0.3, -0.25) is 14.4 Å². The Morgan fingerprint density at radius 2 is 1.76 bits per heavy atom. The first-order valence-electron chi connectivity index (χ1n) is 11.5. The number of aryl methyl sites for hydroxylation is 1. The van der Waals surface area contributed by atoms with Crippen molar-refractivity contribution < 1.29 is 28.2 Å². The lowest BCUT2D eigenvalue weighted by Crippen LogP contribution is -2.14. The Hall–Kier alpha value is -4.03. The van der Waals surface area contributed by atoms with Gasteiger partial charge in [-0.05, 0) is 31.5 Å². The number of benzene rings is 2. The molecule has 0 radical (unpaired) electrons. The summed E-state index contributed by atoms with van der Waals surface area (Å²) in [6.45, 7) is 3.43. The Bertz CT molecular complexity index is 1570. The third kappa shape index (κ3) is 4.25. The number of aliphatic hydroxyl groups excluding tert-OH is 1. The maximum absolute atomic E-state index is 14.4. The molecule has 0 amide bonds. The van der Waals surface area contributed by atoms with Crippen molar-refractivity contribution in [1.29, 1.82) is 0 Å². The van der Waals surface area contributed by atoms with Crippen molar-refractivity contribution in [3.63, 3.8) is 0 Å². The lowest BCUT2D eigenvalue weighted by atomic mass is 9.99. The number of nitrogens with zero attached hydrogens (tertiary/aromatic N) is 5. The minimum Gasteiger partial charge on any atom is -0.481 e. The molecule has 196 valence electrons. The largest absolute Gasteiger partial charge is 0.481 e. The van der Waals surface area contributed by atoms with Crippen molar-refractivity contribution in [1.82, 2.24) is 14.8 Å². The van der Waals surface area contributed by atoms with Gasteiger partial charge in [0, 0.05) is 40.9 Å². The lowest BCUT2D eigenvalue weighted by molar-refractivity contribution is -0.137. The molecule has 0 saturated heterocycles. The minimum atomic E-state index is -1.05. The van der Waals surface area contributed by atoms with Gasteiger partial charge in [-0.2, -0.15) is 0 Å². The van der Waals surface area contributed by atoms with Crippen LogP contribution in [0.1, 0.15) is 45.7 Å². The van der Waals surface area contributed by atoms with E-state index in [9.17, 15) is 28.2 Å². The first kappa shape index (κ1) is 25.6. The van der Waals surface area contributed by atoms with E-state index in [4.69, 9.17) is 4.99 Å². The molecule has 0 unspecified atom stereocenters. The molecule has 2 N–H and O–H groups in total. The van der Waals surface area contributed by atoms with E-state index in [1.165, 1.54) is 23.3 Å². The van der Waals surface area contributed by atoms with Crippen molar-refractivity contribution >= 4 is 34.4 Å². The zero-order valence-electron chi connectivity index (χ0n) is 20.5.